The first-order valence-electron chi connectivity index (χ1n) is 2.83. The summed E-state index contributed by atoms with van der Waals surface area (Å²) in [6, 6.07) is 0. The summed E-state index contributed by atoms with van der Waals surface area (Å²) in [5.74, 6) is 0. The lowest BCUT2D eigenvalue weighted by atomic mass is 10.1. The largest absolute Gasteiger partial charge is 0.390 e. The van der Waals surface area contributed by atoms with E-state index in [1.165, 1.54) is 0 Å². The highest BCUT2D eigenvalue weighted by Gasteiger charge is 2.20. The van der Waals surface area contributed by atoms with E-state index in [2.05, 4.69) is 5.32 Å². The average molecular weight is 119 g/mol. The van der Waals surface area contributed by atoms with E-state index in [1.807, 2.05) is 0 Å². The molecule has 1 aliphatic rings. The van der Waals surface area contributed by atoms with Crippen molar-refractivity contribution in [1.82, 2.24) is 5.32 Å². The van der Waals surface area contributed by atoms with E-state index in [0.29, 0.717) is 13.0 Å². The SMILES string of the molecule is O[C@@H]1CCNC[C@H]1F. The van der Waals surface area contributed by atoms with E-state index in [-0.39, 0.29) is 0 Å². The van der Waals surface area contributed by atoms with Crippen molar-refractivity contribution in [2.75, 3.05) is 13.1 Å². The maximum atomic E-state index is 12.3. The number of alkyl halides is 1. The van der Waals surface area contributed by atoms with Crippen LogP contribution >= 0.6 is 0 Å². The molecule has 1 saturated heterocycles. The molecule has 1 aliphatic heterocycles. The van der Waals surface area contributed by atoms with Crippen LogP contribution in [-0.4, -0.2) is 30.5 Å². The first-order chi connectivity index (χ1) is 3.80. The predicted octanol–water partition coefficient (Wildman–Crippen LogP) is -0.321. The molecule has 0 amide bonds. The van der Waals surface area contributed by atoms with E-state index in [9.17, 15) is 4.39 Å². The second-order valence-electron chi connectivity index (χ2n) is 2.08. The predicted molar refractivity (Wildman–Crippen MR) is 28.4 cm³/mol. The van der Waals surface area contributed by atoms with Gasteiger partial charge in [0.15, 0.2) is 0 Å². The highest BCUT2D eigenvalue weighted by molar-refractivity contribution is 4.75. The van der Waals surface area contributed by atoms with Crippen molar-refractivity contribution in [2.24, 2.45) is 0 Å². The zero-order chi connectivity index (χ0) is 5.98. The van der Waals surface area contributed by atoms with Crippen LogP contribution in [0.15, 0.2) is 0 Å². The lowest BCUT2D eigenvalue weighted by molar-refractivity contribution is 0.0532. The van der Waals surface area contributed by atoms with Crippen LogP contribution in [0, 0.1) is 0 Å². The molecule has 0 spiro atoms. The smallest absolute Gasteiger partial charge is 0.138 e. The zero-order valence-corrected chi connectivity index (χ0v) is 4.60. The van der Waals surface area contributed by atoms with Crippen LogP contribution in [0.25, 0.3) is 0 Å². The highest BCUT2D eigenvalue weighted by atomic mass is 19.1. The number of hydrogen-bond acceptors (Lipinski definition) is 2. The molecule has 3 heteroatoms. The van der Waals surface area contributed by atoms with Gasteiger partial charge in [-0.05, 0) is 13.0 Å². The van der Waals surface area contributed by atoms with Gasteiger partial charge in [-0.15, -0.1) is 0 Å². The quantitative estimate of drug-likeness (QED) is 0.458. The summed E-state index contributed by atoms with van der Waals surface area (Å²) in [7, 11) is 0. The summed E-state index contributed by atoms with van der Waals surface area (Å²) in [5, 5.41) is 11.6. The molecular formula is C5H10FNO. The second-order valence-corrected chi connectivity index (χ2v) is 2.08. The Morgan fingerprint density at radius 2 is 2.38 bits per heavy atom. The summed E-state index contributed by atoms with van der Waals surface area (Å²) in [6.07, 6.45) is -1.23. The summed E-state index contributed by atoms with van der Waals surface area (Å²) in [4.78, 5) is 0. The molecule has 1 fully saturated rings. The van der Waals surface area contributed by atoms with E-state index in [4.69, 9.17) is 5.11 Å². The van der Waals surface area contributed by atoms with E-state index in [0.717, 1.165) is 6.54 Å². The Hall–Kier alpha value is -0.150. The first kappa shape index (κ1) is 5.98. The van der Waals surface area contributed by atoms with Gasteiger partial charge in [-0.3, -0.25) is 0 Å². The second kappa shape index (κ2) is 2.42. The maximum absolute atomic E-state index is 12.3. The molecule has 1 heterocycles. The maximum Gasteiger partial charge on any atom is 0.138 e. The summed E-state index contributed by atoms with van der Waals surface area (Å²) in [6.45, 7) is 1.04. The van der Waals surface area contributed by atoms with Gasteiger partial charge in [0, 0.05) is 6.54 Å². The molecule has 2 atom stereocenters. The van der Waals surface area contributed by atoms with Crippen LogP contribution in [0.2, 0.25) is 0 Å². The van der Waals surface area contributed by atoms with Gasteiger partial charge in [0.2, 0.25) is 0 Å². The third kappa shape index (κ3) is 1.17. The topological polar surface area (TPSA) is 32.3 Å². The fourth-order valence-electron chi connectivity index (χ4n) is 0.807. The monoisotopic (exact) mass is 119 g/mol. The average Bonchev–Trinajstić information content (AvgIpc) is 1.77. The Morgan fingerprint density at radius 1 is 1.62 bits per heavy atom. The standard InChI is InChI=1S/C5H10FNO/c6-4-3-7-2-1-5(4)8/h4-5,7-8H,1-3H2/t4-,5-/m1/s1. The van der Waals surface area contributed by atoms with Crippen LogP contribution in [-0.2, 0) is 0 Å². The van der Waals surface area contributed by atoms with Crippen molar-refractivity contribution in [3.63, 3.8) is 0 Å². The number of halogens is 1. The Kier molecular flexibility index (Phi) is 1.81. The van der Waals surface area contributed by atoms with Gasteiger partial charge < -0.3 is 10.4 Å². The van der Waals surface area contributed by atoms with Crippen LogP contribution in [0.3, 0.4) is 0 Å². The lowest BCUT2D eigenvalue weighted by Crippen LogP contribution is -2.41. The molecule has 2 nitrogen and oxygen atoms in total. The van der Waals surface area contributed by atoms with Gasteiger partial charge >= 0.3 is 0 Å². The minimum absolute atomic E-state index is 0.307. The molecule has 2 N–H and O–H groups in total. The molecule has 0 unspecified atom stereocenters. The molecule has 48 valence electrons. The lowest BCUT2D eigenvalue weighted by Gasteiger charge is -2.21. The third-order valence-electron chi connectivity index (χ3n) is 1.37. The van der Waals surface area contributed by atoms with Gasteiger partial charge in [-0.2, -0.15) is 0 Å². The fraction of sp³-hybridized carbons (Fsp3) is 1.00. The molecule has 0 aromatic heterocycles. The van der Waals surface area contributed by atoms with E-state index >= 15 is 0 Å². The van der Waals surface area contributed by atoms with Gasteiger partial charge in [0.1, 0.15) is 6.17 Å². The van der Waals surface area contributed by atoms with Crippen LogP contribution in [0.5, 0.6) is 0 Å². The fourth-order valence-corrected chi connectivity index (χ4v) is 0.807. The number of rotatable bonds is 0. The Morgan fingerprint density at radius 3 is 2.75 bits per heavy atom. The Labute approximate surface area is 47.7 Å². The molecule has 0 bridgehead atoms. The van der Waals surface area contributed by atoms with Crippen molar-refractivity contribution < 1.29 is 9.50 Å². The van der Waals surface area contributed by atoms with Gasteiger partial charge in [-0.1, -0.05) is 0 Å². The van der Waals surface area contributed by atoms with Crippen LogP contribution in [0.4, 0.5) is 4.39 Å². The van der Waals surface area contributed by atoms with Gasteiger partial charge in [0.05, 0.1) is 6.10 Å². The molecule has 1 rings (SSSR count). The minimum atomic E-state index is -1.05. The number of aliphatic hydroxyl groups is 1. The Balaban J connectivity index is 2.28. The Bertz CT molecular complexity index is 68.8. The molecular weight excluding hydrogens is 109 g/mol. The molecule has 0 radical (unpaired) electrons. The summed E-state index contributed by atoms with van der Waals surface area (Å²) >= 11 is 0. The number of aliphatic hydroxyl groups excluding tert-OH is 1. The van der Waals surface area contributed by atoms with Crippen LogP contribution in [0.1, 0.15) is 6.42 Å². The van der Waals surface area contributed by atoms with Gasteiger partial charge in [0.25, 0.3) is 0 Å². The molecule has 0 aliphatic carbocycles. The normalized spacial score (nSPS) is 39.8. The van der Waals surface area contributed by atoms with Gasteiger partial charge in [-0.25, -0.2) is 4.39 Å². The summed E-state index contributed by atoms with van der Waals surface area (Å²) < 4.78 is 12.3. The van der Waals surface area contributed by atoms with Crippen molar-refractivity contribution in [2.45, 2.75) is 18.7 Å². The van der Waals surface area contributed by atoms with Crippen molar-refractivity contribution >= 4 is 0 Å². The molecule has 0 aromatic rings. The van der Waals surface area contributed by atoms with E-state index in [1.54, 1.807) is 0 Å². The number of nitrogens with one attached hydrogen (secondary N) is 1. The minimum Gasteiger partial charge on any atom is -0.390 e. The molecule has 0 aromatic carbocycles. The summed E-state index contributed by atoms with van der Waals surface area (Å²) in [5.41, 5.74) is 0. The van der Waals surface area contributed by atoms with E-state index < -0.39 is 12.3 Å². The zero-order valence-electron chi connectivity index (χ0n) is 4.60. The third-order valence-corrected chi connectivity index (χ3v) is 1.37. The molecule has 0 saturated carbocycles. The number of hydrogen-bond donors (Lipinski definition) is 2. The number of piperidine rings is 1. The van der Waals surface area contributed by atoms with Crippen molar-refractivity contribution in [3.8, 4) is 0 Å². The van der Waals surface area contributed by atoms with Crippen LogP contribution < -0.4 is 5.32 Å². The van der Waals surface area contributed by atoms with Crippen molar-refractivity contribution in [3.05, 3.63) is 0 Å². The van der Waals surface area contributed by atoms with Crippen molar-refractivity contribution in [1.29, 1.82) is 0 Å². The molecule has 8 heavy (non-hydrogen) atoms. The first-order valence-corrected chi connectivity index (χ1v) is 2.83. The highest BCUT2D eigenvalue weighted by Crippen LogP contribution is 2.05.